The number of anilines is 1. The van der Waals surface area contributed by atoms with Gasteiger partial charge in [0, 0.05) is 18.8 Å². The maximum absolute atomic E-state index is 4.77. The molecular weight excluding hydrogens is 266 g/mol. The molecule has 0 amide bonds. The fourth-order valence-electron chi connectivity index (χ4n) is 2.50. The van der Waals surface area contributed by atoms with E-state index in [1.165, 1.54) is 16.8 Å². The Kier molecular flexibility index (Phi) is 4.02. The summed E-state index contributed by atoms with van der Waals surface area (Å²) in [5.41, 5.74) is 3.98. The number of thiophene rings is 1. The van der Waals surface area contributed by atoms with Crippen LogP contribution >= 0.6 is 11.3 Å². The zero-order chi connectivity index (χ0) is 13.8. The number of nitrogens with zero attached hydrogens (tertiary/aromatic N) is 2. The van der Waals surface area contributed by atoms with Gasteiger partial charge in [0.2, 0.25) is 0 Å². The number of hydrogen-bond donors (Lipinski definition) is 1. The van der Waals surface area contributed by atoms with E-state index in [1.54, 1.807) is 11.3 Å². The van der Waals surface area contributed by atoms with Crippen molar-refractivity contribution in [2.24, 2.45) is 4.99 Å². The van der Waals surface area contributed by atoms with Crippen LogP contribution in [0.15, 0.2) is 46.1 Å². The fraction of sp³-hybridized carbons (Fsp3) is 0.312. The number of rotatable bonds is 3. The second-order valence-electron chi connectivity index (χ2n) is 4.83. The number of nitrogens with one attached hydrogen (secondary N) is 1. The van der Waals surface area contributed by atoms with Gasteiger partial charge in [-0.2, -0.15) is 11.3 Å². The summed E-state index contributed by atoms with van der Waals surface area (Å²) >= 11 is 1.72. The molecule has 3 nitrogen and oxygen atoms in total. The first-order valence-corrected chi connectivity index (χ1v) is 7.97. The lowest BCUT2D eigenvalue weighted by Crippen LogP contribution is -2.40. The van der Waals surface area contributed by atoms with Gasteiger partial charge in [0.15, 0.2) is 5.96 Å². The van der Waals surface area contributed by atoms with Gasteiger partial charge in [-0.1, -0.05) is 18.2 Å². The normalized spacial score (nSPS) is 14.4. The number of aliphatic imine (C=N–C) groups is 1. The highest BCUT2D eigenvalue weighted by molar-refractivity contribution is 7.07. The first kappa shape index (κ1) is 13.2. The molecule has 4 heteroatoms. The summed E-state index contributed by atoms with van der Waals surface area (Å²) in [6.45, 7) is 4.75. The summed E-state index contributed by atoms with van der Waals surface area (Å²) in [7, 11) is 0. The van der Waals surface area contributed by atoms with Gasteiger partial charge in [-0.3, -0.25) is 0 Å². The maximum atomic E-state index is 4.77. The van der Waals surface area contributed by atoms with E-state index >= 15 is 0 Å². The first-order chi connectivity index (χ1) is 9.88. The van der Waals surface area contributed by atoms with Crippen LogP contribution in [-0.2, 0) is 13.0 Å². The van der Waals surface area contributed by atoms with Crippen molar-refractivity contribution in [1.29, 1.82) is 0 Å². The summed E-state index contributed by atoms with van der Waals surface area (Å²) < 4.78 is 0. The van der Waals surface area contributed by atoms with Gasteiger partial charge in [0.05, 0.1) is 6.54 Å². The molecular formula is C16H19N3S. The highest BCUT2D eigenvalue weighted by atomic mass is 32.1. The van der Waals surface area contributed by atoms with Crippen LogP contribution in [0.3, 0.4) is 0 Å². The van der Waals surface area contributed by atoms with Crippen LogP contribution in [0, 0.1) is 0 Å². The third kappa shape index (κ3) is 2.70. The number of fused-ring (bicyclic) bond motifs is 1. The molecule has 0 unspecified atom stereocenters. The maximum Gasteiger partial charge on any atom is 0.198 e. The molecule has 1 aromatic heterocycles. The van der Waals surface area contributed by atoms with Gasteiger partial charge < -0.3 is 10.2 Å². The minimum absolute atomic E-state index is 0.741. The second-order valence-corrected chi connectivity index (χ2v) is 5.61. The summed E-state index contributed by atoms with van der Waals surface area (Å²) in [5.74, 6) is 0.989. The molecule has 0 spiro atoms. The minimum Gasteiger partial charge on any atom is -0.356 e. The van der Waals surface area contributed by atoms with Gasteiger partial charge in [-0.15, -0.1) is 0 Å². The van der Waals surface area contributed by atoms with Gasteiger partial charge in [-0.05, 0) is 47.4 Å². The number of hydrogen-bond acceptors (Lipinski definition) is 2. The Hall–Kier alpha value is -1.81. The van der Waals surface area contributed by atoms with Gasteiger partial charge >= 0.3 is 0 Å². The number of guanidine groups is 1. The lowest BCUT2D eigenvalue weighted by atomic mass is 10.2. The molecule has 1 aliphatic rings. The molecule has 0 fully saturated rings. The predicted molar refractivity (Wildman–Crippen MR) is 86.6 cm³/mol. The average Bonchev–Trinajstić information content (AvgIpc) is 3.13. The van der Waals surface area contributed by atoms with E-state index in [0.29, 0.717) is 0 Å². The molecule has 1 N–H and O–H groups in total. The molecule has 0 saturated carbocycles. The Morgan fingerprint density at radius 3 is 3.05 bits per heavy atom. The highest BCUT2D eigenvalue weighted by Crippen LogP contribution is 2.27. The van der Waals surface area contributed by atoms with Crippen molar-refractivity contribution in [3.05, 3.63) is 52.2 Å². The lowest BCUT2D eigenvalue weighted by molar-refractivity contribution is 0.883. The van der Waals surface area contributed by atoms with E-state index in [-0.39, 0.29) is 0 Å². The molecule has 1 aromatic carbocycles. The molecule has 1 aliphatic heterocycles. The quantitative estimate of drug-likeness (QED) is 0.692. The molecule has 0 bridgehead atoms. The topological polar surface area (TPSA) is 27.6 Å². The van der Waals surface area contributed by atoms with Crippen molar-refractivity contribution in [3.8, 4) is 0 Å². The van der Waals surface area contributed by atoms with E-state index in [1.807, 2.05) is 0 Å². The van der Waals surface area contributed by atoms with Crippen molar-refractivity contribution in [3.63, 3.8) is 0 Å². The Morgan fingerprint density at radius 2 is 2.25 bits per heavy atom. The van der Waals surface area contributed by atoms with Gasteiger partial charge in [0.25, 0.3) is 0 Å². The monoisotopic (exact) mass is 285 g/mol. The predicted octanol–water partition coefficient (Wildman–Crippen LogP) is 3.28. The van der Waals surface area contributed by atoms with Gasteiger partial charge in [0.1, 0.15) is 0 Å². The summed E-state index contributed by atoms with van der Waals surface area (Å²) in [4.78, 5) is 7.07. The lowest BCUT2D eigenvalue weighted by Gasteiger charge is -2.22. The molecule has 0 atom stereocenters. The molecule has 3 rings (SSSR count). The Morgan fingerprint density at radius 1 is 1.35 bits per heavy atom. The molecule has 2 heterocycles. The van der Waals surface area contributed by atoms with Crippen LogP contribution in [0.2, 0.25) is 0 Å². The smallest absolute Gasteiger partial charge is 0.198 e. The van der Waals surface area contributed by atoms with Crippen LogP contribution in [-0.4, -0.2) is 19.0 Å². The SMILES string of the molecule is CCNC(=NCc1ccsc1)N1CCc2ccccc21. The first-order valence-electron chi connectivity index (χ1n) is 7.03. The number of benzene rings is 1. The second kappa shape index (κ2) is 6.09. The van der Waals surface area contributed by atoms with E-state index in [2.05, 4.69) is 58.2 Å². The van der Waals surface area contributed by atoms with Crippen LogP contribution in [0.1, 0.15) is 18.1 Å². The molecule has 2 aromatic rings. The van der Waals surface area contributed by atoms with Crippen LogP contribution in [0.4, 0.5) is 5.69 Å². The van der Waals surface area contributed by atoms with E-state index < -0.39 is 0 Å². The zero-order valence-corrected chi connectivity index (χ0v) is 12.5. The summed E-state index contributed by atoms with van der Waals surface area (Å²) in [6.07, 6.45) is 1.10. The third-order valence-corrected chi connectivity index (χ3v) is 4.20. The van der Waals surface area contributed by atoms with Crippen LogP contribution in [0.5, 0.6) is 0 Å². The van der Waals surface area contributed by atoms with Crippen LogP contribution in [0.25, 0.3) is 0 Å². The number of para-hydroxylation sites is 1. The summed E-state index contributed by atoms with van der Waals surface area (Å²) in [5, 5.41) is 7.67. The Labute approximate surface area is 124 Å². The molecule has 20 heavy (non-hydrogen) atoms. The van der Waals surface area contributed by atoms with Gasteiger partial charge in [-0.25, -0.2) is 4.99 Å². The fourth-order valence-corrected chi connectivity index (χ4v) is 3.16. The standard InChI is InChI=1S/C16H19N3S/c1-2-17-16(18-11-13-8-10-20-12-13)19-9-7-14-5-3-4-6-15(14)19/h3-6,8,10,12H,2,7,9,11H2,1H3,(H,17,18). The van der Waals surface area contributed by atoms with Crippen molar-refractivity contribution >= 4 is 23.0 Å². The van der Waals surface area contributed by atoms with Crippen molar-refractivity contribution in [1.82, 2.24) is 5.32 Å². The Bertz CT molecular complexity index is 590. The van der Waals surface area contributed by atoms with Crippen molar-refractivity contribution in [2.75, 3.05) is 18.0 Å². The molecule has 0 saturated heterocycles. The van der Waals surface area contributed by atoms with E-state index in [4.69, 9.17) is 4.99 Å². The van der Waals surface area contributed by atoms with E-state index in [9.17, 15) is 0 Å². The average molecular weight is 285 g/mol. The van der Waals surface area contributed by atoms with E-state index in [0.717, 1.165) is 32.0 Å². The largest absolute Gasteiger partial charge is 0.356 e. The van der Waals surface area contributed by atoms with Crippen LogP contribution < -0.4 is 10.2 Å². The molecule has 0 radical (unpaired) electrons. The zero-order valence-electron chi connectivity index (χ0n) is 11.7. The van der Waals surface area contributed by atoms with Crippen molar-refractivity contribution in [2.45, 2.75) is 19.9 Å². The third-order valence-electron chi connectivity index (χ3n) is 3.47. The van der Waals surface area contributed by atoms with Crippen molar-refractivity contribution < 1.29 is 0 Å². The minimum atomic E-state index is 0.741. The highest BCUT2D eigenvalue weighted by Gasteiger charge is 2.22. The molecule has 0 aliphatic carbocycles. The summed E-state index contributed by atoms with van der Waals surface area (Å²) in [6, 6.07) is 10.7. The Balaban J connectivity index is 1.82. The molecule has 104 valence electrons.